The zero-order valence-electron chi connectivity index (χ0n) is 16.7. The maximum Gasteiger partial charge on any atom is 0.322 e. The number of anilines is 1. The number of esters is 1. The number of hydrogen-bond acceptors (Lipinski definition) is 5. The van der Waals surface area contributed by atoms with Gasteiger partial charge in [-0.25, -0.2) is 4.79 Å². The van der Waals surface area contributed by atoms with Gasteiger partial charge in [0.05, 0.1) is 25.8 Å². The summed E-state index contributed by atoms with van der Waals surface area (Å²) in [6, 6.07) is 19.7. The lowest BCUT2D eigenvalue weighted by Crippen LogP contribution is -2.36. The number of urea groups is 1. The van der Waals surface area contributed by atoms with Crippen molar-refractivity contribution >= 4 is 17.7 Å². The second kappa shape index (κ2) is 10.7. The van der Waals surface area contributed by atoms with Crippen molar-refractivity contribution in [1.29, 1.82) is 0 Å². The monoisotopic (exact) mass is 408 g/mol. The van der Waals surface area contributed by atoms with Gasteiger partial charge in [0, 0.05) is 12.2 Å². The second-order valence-corrected chi connectivity index (χ2v) is 6.43. The minimum Gasteiger partial charge on any atom is -0.467 e. The number of benzene rings is 2. The third-order valence-electron chi connectivity index (χ3n) is 4.19. The Labute approximate surface area is 175 Å². The standard InChI is InChI=1S/C23H24N2O5/c1-2-28-22(26)14-15-25(17-21-9-6-16-29-21)23(27)24-18-10-12-20(13-11-18)30-19-7-4-3-5-8-19/h3-13,16H,2,14-15,17H2,1H3,(H,24,27). The van der Waals surface area contributed by atoms with Gasteiger partial charge in [0.25, 0.3) is 0 Å². The molecule has 1 heterocycles. The van der Waals surface area contributed by atoms with E-state index in [1.54, 1.807) is 49.6 Å². The first-order chi connectivity index (χ1) is 14.6. The number of nitrogens with one attached hydrogen (secondary N) is 1. The first-order valence-corrected chi connectivity index (χ1v) is 9.71. The van der Waals surface area contributed by atoms with Crippen LogP contribution < -0.4 is 10.1 Å². The van der Waals surface area contributed by atoms with Gasteiger partial charge in [0.1, 0.15) is 17.3 Å². The van der Waals surface area contributed by atoms with Crippen LogP contribution >= 0.6 is 0 Å². The highest BCUT2D eigenvalue weighted by Crippen LogP contribution is 2.23. The first-order valence-electron chi connectivity index (χ1n) is 9.71. The Morgan fingerprint density at radius 2 is 1.70 bits per heavy atom. The van der Waals surface area contributed by atoms with Gasteiger partial charge in [0.15, 0.2) is 0 Å². The number of para-hydroxylation sites is 1. The summed E-state index contributed by atoms with van der Waals surface area (Å²) in [6.45, 7) is 2.50. The molecule has 2 aromatic carbocycles. The van der Waals surface area contributed by atoms with Crippen LogP contribution in [0.25, 0.3) is 0 Å². The normalized spacial score (nSPS) is 10.3. The Balaban J connectivity index is 1.61. The fraction of sp³-hybridized carbons (Fsp3) is 0.217. The summed E-state index contributed by atoms with van der Waals surface area (Å²) in [5, 5.41) is 2.84. The maximum absolute atomic E-state index is 12.8. The van der Waals surface area contributed by atoms with Crippen molar-refractivity contribution in [2.45, 2.75) is 19.9 Å². The molecule has 0 aliphatic carbocycles. The molecule has 0 saturated heterocycles. The summed E-state index contributed by atoms with van der Waals surface area (Å²) in [6.07, 6.45) is 1.65. The molecule has 1 aromatic heterocycles. The van der Waals surface area contributed by atoms with Crippen LogP contribution in [0.2, 0.25) is 0 Å². The molecule has 0 radical (unpaired) electrons. The van der Waals surface area contributed by atoms with Crippen LogP contribution in [0, 0.1) is 0 Å². The van der Waals surface area contributed by atoms with E-state index in [1.807, 2.05) is 30.3 Å². The molecular weight excluding hydrogens is 384 g/mol. The second-order valence-electron chi connectivity index (χ2n) is 6.43. The van der Waals surface area contributed by atoms with Crippen LogP contribution in [0.1, 0.15) is 19.1 Å². The number of hydrogen-bond donors (Lipinski definition) is 1. The van der Waals surface area contributed by atoms with Crippen LogP contribution in [0.5, 0.6) is 11.5 Å². The molecule has 0 fully saturated rings. The van der Waals surface area contributed by atoms with Crippen LogP contribution in [-0.4, -0.2) is 30.1 Å². The average Bonchev–Trinajstić information content (AvgIpc) is 3.26. The van der Waals surface area contributed by atoms with Crippen molar-refractivity contribution in [2.75, 3.05) is 18.5 Å². The molecule has 3 aromatic rings. The fourth-order valence-corrected chi connectivity index (χ4v) is 2.74. The Morgan fingerprint density at radius 3 is 2.37 bits per heavy atom. The molecular formula is C23H24N2O5. The molecule has 0 spiro atoms. The van der Waals surface area contributed by atoms with Gasteiger partial charge in [-0.05, 0) is 55.5 Å². The van der Waals surface area contributed by atoms with E-state index in [9.17, 15) is 9.59 Å². The smallest absolute Gasteiger partial charge is 0.322 e. The number of ether oxygens (including phenoxy) is 2. The summed E-state index contributed by atoms with van der Waals surface area (Å²) in [4.78, 5) is 26.0. The van der Waals surface area contributed by atoms with Crippen molar-refractivity contribution in [3.8, 4) is 11.5 Å². The van der Waals surface area contributed by atoms with E-state index in [1.165, 1.54) is 4.90 Å². The lowest BCUT2D eigenvalue weighted by atomic mass is 10.3. The molecule has 7 nitrogen and oxygen atoms in total. The zero-order valence-corrected chi connectivity index (χ0v) is 16.7. The highest BCUT2D eigenvalue weighted by atomic mass is 16.5. The molecule has 0 atom stereocenters. The quantitative estimate of drug-likeness (QED) is 0.501. The zero-order chi connectivity index (χ0) is 21.2. The number of amides is 2. The van der Waals surface area contributed by atoms with Crippen LogP contribution in [0.4, 0.5) is 10.5 Å². The minimum atomic E-state index is -0.350. The number of carbonyl (C=O) groups is 2. The van der Waals surface area contributed by atoms with Crippen molar-refractivity contribution < 1.29 is 23.5 Å². The molecule has 7 heteroatoms. The Hall–Kier alpha value is -3.74. The summed E-state index contributed by atoms with van der Waals surface area (Å²) < 4.78 is 16.0. The highest BCUT2D eigenvalue weighted by molar-refractivity contribution is 5.89. The highest BCUT2D eigenvalue weighted by Gasteiger charge is 2.17. The SMILES string of the molecule is CCOC(=O)CCN(Cc1ccco1)C(=O)Nc1ccc(Oc2ccccc2)cc1. The number of rotatable bonds is 9. The van der Waals surface area contributed by atoms with Crippen molar-refractivity contribution in [1.82, 2.24) is 4.90 Å². The van der Waals surface area contributed by atoms with E-state index in [-0.39, 0.29) is 31.5 Å². The Kier molecular flexibility index (Phi) is 7.49. The first kappa shape index (κ1) is 21.0. The van der Waals surface area contributed by atoms with Gasteiger partial charge in [0.2, 0.25) is 0 Å². The fourth-order valence-electron chi connectivity index (χ4n) is 2.74. The van der Waals surface area contributed by atoms with Crippen molar-refractivity contribution in [3.63, 3.8) is 0 Å². The topological polar surface area (TPSA) is 81.0 Å². The van der Waals surface area contributed by atoms with E-state index >= 15 is 0 Å². The van der Waals surface area contributed by atoms with E-state index in [0.29, 0.717) is 23.8 Å². The van der Waals surface area contributed by atoms with Crippen molar-refractivity contribution in [3.05, 3.63) is 78.8 Å². The number of furan rings is 1. The van der Waals surface area contributed by atoms with E-state index in [4.69, 9.17) is 13.9 Å². The summed E-state index contributed by atoms with van der Waals surface area (Å²) >= 11 is 0. The summed E-state index contributed by atoms with van der Waals surface area (Å²) in [7, 11) is 0. The van der Waals surface area contributed by atoms with Gasteiger partial charge in [-0.2, -0.15) is 0 Å². The van der Waals surface area contributed by atoms with E-state index in [2.05, 4.69) is 5.32 Å². The average molecular weight is 408 g/mol. The molecule has 1 N–H and O–H groups in total. The molecule has 0 aliphatic heterocycles. The molecule has 30 heavy (non-hydrogen) atoms. The van der Waals surface area contributed by atoms with Gasteiger partial charge >= 0.3 is 12.0 Å². The molecule has 156 valence electrons. The molecule has 0 unspecified atom stereocenters. The van der Waals surface area contributed by atoms with Gasteiger partial charge in [-0.1, -0.05) is 18.2 Å². The van der Waals surface area contributed by atoms with E-state index in [0.717, 1.165) is 5.75 Å². The predicted octanol–water partition coefficient (Wildman–Crippen LogP) is 5.06. The van der Waals surface area contributed by atoms with E-state index < -0.39 is 0 Å². The summed E-state index contributed by atoms with van der Waals surface area (Å²) in [5.74, 6) is 1.67. The molecule has 0 bridgehead atoms. The van der Waals surface area contributed by atoms with Crippen LogP contribution in [0.3, 0.4) is 0 Å². The molecule has 2 amide bonds. The third-order valence-corrected chi connectivity index (χ3v) is 4.19. The Morgan fingerprint density at radius 1 is 0.967 bits per heavy atom. The molecule has 3 rings (SSSR count). The number of nitrogens with zero attached hydrogens (tertiary/aromatic N) is 1. The van der Waals surface area contributed by atoms with Gasteiger partial charge < -0.3 is 24.1 Å². The van der Waals surface area contributed by atoms with Gasteiger partial charge in [-0.3, -0.25) is 4.79 Å². The number of carbonyl (C=O) groups excluding carboxylic acids is 2. The summed E-state index contributed by atoms with van der Waals surface area (Å²) in [5.41, 5.74) is 0.612. The van der Waals surface area contributed by atoms with Gasteiger partial charge in [-0.15, -0.1) is 0 Å². The van der Waals surface area contributed by atoms with Crippen molar-refractivity contribution in [2.24, 2.45) is 0 Å². The maximum atomic E-state index is 12.8. The molecule has 0 saturated carbocycles. The largest absolute Gasteiger partial charge is 0.467 e. The van der Waals surface area contributed by atoms with Crippen LogP contribution in [-0.2, 0) is 16.1 Å². The lowest BCUT2D eigenvalue weighted by Gasteiger charge is -2.22. The Bertz CT molecular complexity index is 924. The predicted molar refractivity (Wildman–Crippen MR) is 112 cm³/mol. The third kappa shape index (κ3) is 6.41. The molecule has 0 aliphatic rings. The van der Waals surface area contributed by atoms with Crippen LogP contribution in [0.15, 0.2) is 77.4 Å². The minimum absolute atomic E-state index is 0.103. The lowest BCUT2D eigenvalue weighted by molar-refractivity contribution is -0.143.